The number of aromatic carboxylic acids is 1. The number of aryl methyl sites for hydroxylation is 2. The lowest BCUT2D eigenvalue weighted by Crippen LogP contribution is -2.27. The van der Waals surface area contributed by atoms with Gasteiger partial charge in [-0.05, 0) is 36.2 Å². The Kier molecular flexibility index (Phi) is 4.49. The molecule has 0 aliphatic rings. The molecule has 0 fully saturated rings. The van der Waals surface area contributed by atoms with Crippen molar-refractivity contribution in [3.05, 3.63) is 85.9 Å². The molecular weight excluding hydrogens is 343 g/mol. The smallest absolute Gasteiger partial charge is 0.341 e. The van der Waals surface area contributed by atoms with Crippen molar-refractivity contribution < 1.29 is 19.2 Å². The first-order chi connectivity index (χ1) is 12.4. The van der Waals surface area contributed by atoms with Crippen LogP contribution in [0.2, 0.25) is 0 Å². The van der Waals surface area contributed by atoms with Crippen molar-refractivity contribution >= 4 is 22.6 Å². The molecule has 0 saturated carbocycles. The van der Waals surface area contributed by atoms with Crippen molar-refractivity contribution in [1.82, 2.24) is 4.57 Å². The third-order valence-corrected chi connectivity index (χ3v) is 4.08. The summed E-state index contributed by atoms with van der Waals surface area (Å²) in [4.78, 5) is 34.5. The molecule has 0 saturated heterocycles. The Balaban J connectivity index is 2.15. The maximum atomic E-state index is 13.0. The molecule has 3 aromatic rings. The van der Waals surface area contributed by atoms with Gasteiger partial charge in [0.15, 0.2) is 0 Å². The molecule has 0 amide bonds. The van der Waals surface area contributed by atoms with Gasteiger partial charge in [-0.1, -0.05) is 18.2 Å². The Bertz CT molecular complexity index is 1070. The molecule has 26 heavy (non-hydrogen) atoms. The molecule has 132 valence electrons. The number of carboxylic acids is 1. The zero-order valence-corrected chi connectivity index (χ0v) is 13.4. The van der Waals surface area contributed by atoms with E-state index in [1.807, 2.05) is 0 Å². The molecule has 0 spiro atoms. The monoisotopic (exact) mass is 356 g/mol. The number of hydrogen-bond acceptors (Lipinski definition) is 4. The molecule has 0 aliphatic carbocycles. The van der Waals surface area contributed by atoms with Crippen LogP contribution in [-0.2, 0) is 13.0 Å². The van der Waals surface area contributed by atoms with Gasteiger partial charge in [-0.25, -0.2) is 9.18 Å². The van der Waals surface area contributed by atoms with Gasteiger partial charge in [0, 0.05) is 12.6 Å². The summed E-state index contributed by atoms with van der Waals surface area (Å²) in [6.45, 7) is 0.100. The molecule has 0 radical (unpaired) electrons. The number of rotatable bonds is 5. The van der Waals surface area contributed by atoms with Gasteiger partial charge in [0.25, 0.3) is 11.2 Å². The van der Waals surface area contributed by atoms with E-state index in [4.69, 9.17) is 0 Å². The van der Waals surface area contributed by atoms with Crippen LogP contribution < -0.4 is 5.56 Å². The number of nitrogens with zero attached hydrogens (tertiary/aromatic N) is 2. The third-order valence-electron chi connectivity index (χ3n) is 4.08. The van der Waals surface area contributed by atoms with Crippen LogP contribution in [0.4, 0.5) is 10.1 Å². The van der Waals surface area contributed by atoms with E-state index in [9.17, 15) is 29.2 Å². The van der Waals surface area contributed by atoms with Crippen molar-refractivity contribution in [3.8, 4) is 0 Å². The lowest BCUT2D eigenvalue weighted by molar-refractivity contribution is -0.383. The van der Waals surface area contributed by atoms with Crippen molar-refractivity contribution in [3.63, 3.8) is 0 Å². The fourth-order valence-electron chi connectivity index (χ4n) is 2.81. The summed E-state index contributed by atoms with van der Waals surface area (Å²) in [5.41, 5.74) is -0.534. The average molecular weight is 356 g/mol. The van der Waals surface area contributed by atoms with Crippen LogP contribution in [0.3, 0.4) is 0 Å². The molecule has 0 atom stereocenters. The number of carbonyl (C=O) groups is 1. The number of pyridine rings is 1. The molecule has 3 rings (SSSR count). The maximum Gasteiger partial charge on any atom is 0.341 e. The minimum absolute atomic E-state index is 0.0774. The van der Waals surface area contributed by atoms with Crippen LogP contribution >= 0.6 is 0 Å². The molecule has 8 heteroatoms. The number of halogens is 1. The number of aromatic nitrogens is 1. The average Bonchev–Trinajstić information content (AvgIpc) is 2.61. The van der Waals surface area contributed by atoms with Crippen molar-refractivity contribution in [2.45, 2.75) is 13.0 Å². The highest BCUT2D eigenvalue weighted by Crippen LogP contribution is 2.25. The van der Waals surface area contributed by atoms with Crippen LogP contribution in [0.25, 0.3) is 10.9 Å². The number of carboxylic acid groups (broad SMARTS) is 1. The largest absolute Gasteiger partial charge is 0.477 e. The topological polar surface area (TPSA) is 102 Å². The van der Waals surface area contributed by atoms with Crippen LogP contribution in [0.15, 0.2) is 53.3 Å². The van der Waals surface area contributed by atoms with E-state index in [1.165, 1.54) is 34.9 Å². The minimum atomic E-state index is -1.45. The van der Waals surface area contributed by atoms with Crippen LogP contribution in [0, 0.1) is 15.9 Å². The van der Waals surface area contributed by atoms with E-state index in [1.54, 1.807) is 12.1 Å². The predicted octanol–water partition coefficient (Wildman–Crippen LogP) is 2.99. The van der Waals surface area contributed by atoms with Crippen molar-refractivity contribution in [2.75, 3.05) is 0 Å². The van der Waals surface area contributed by atoms with Gasteiger partial charge in [0.2, 0.25) is 0 Å². The van der Waals surface area contributed by atoms with Crippen molar-refractivity contribution in [2.24, 2.45) is 0 Å². The van der Waals surface area contributed by atoms with E-state index in [0.717, 1.165) is 11.6 Å². The first-order valence-corrected chi connectivity index (χ1v) is 7.67. The second-order valence-electron chi connectivity index (χ2n) is 5.66. The molecule has 0 bridgehead atoms. The first kappa shape index (κ1) is 17.3. The second-order valence-corrected chi connectivity index (χ2v) is 5.66. The van der Waals surface area contributed by atoms with E-state index < -0.39 is 22.0 Å². The van der Waals surface area contributed by atoms with Crippen molar-refractivity contribution in [1.29, 1.82) is 0 Å². The number of nitro groups is 1. The molecule has 1 heterocycles. The summed E-state index contributed by atoms with van der Waals surface area (Å²) < 4.78 is 14.2. The molecule has 0 aliphatic heterocycles. The van der Waals surface area contributed by atoms with E-state index >= 15 is 0 Å². The zero-order valence-electron chi connectivity index (χ0n) is 13.4. The molecule has 1 N–H and O–H groups in total. The lowest BCUT2D eigenvalue weighted by Gasteiger charge is -2.12. The third kappa shape index (κ3) is 3.16. The molecular formula is C18H13FN2O5. The summed E-state index contributed by atoms with van der Waals surface area (Å²) >= 11 is 0. The lowest BCUT2D eigenvalue weighted by atomic mass is 10.1. The van der Waals surface area contributed by atoms with Gasteiger partial charge in [-0.2, -0.15) is 0 Å². The highest BCUT2D eigenvalue weighted by atomic mass is 19.1. The molecule has 7 nitrogen and oxygen atoms in total. The first-order valence-electron chi connectivity index (χ1n) is 7.67. The van der Waals surface area contributed by atoms with Crippen LogP contribution in [-0.4, -0.2) is 20.6 Å². The molecule has 2 aromatic carbocycles. The van der Waals surface area contributed by atoms with Gasteiger partial charge >= 0.3 is 5.97 Å². The van der Waals surface area contributed by atoms with E-state index in [2.05, 4.69) is 0 Å². The Hall–Kier alpha value is -3.55. The quantitative estimate of drug-likeness (QED) is 0.559. The van der Waals surface area contributed by atoms with E-state index in [-0.39, 0.29) is 29.0 Å². The molecule has 1 aromatic heterocycles. The van der Waals surface area contributed by atoms with Gasteiger partial charge < -0.3 is 9.67 Å². The number of nitro benzene ring substituents is 1. The summed E-state index contributed by atoms with van der Waals surface area (Å²) in [6.07, 6.45) is 0.334. The normalized spacial score (nSPS) is 10.8. The second kappa shape index (κ2) is 6.75. The van der Waals surface area contributed by atoms with E-state index in [0.29, 0.717) is 6.42 Å². The number of fused-ring (bicyclic) bond motifs is 1. The van der Waals surface area contributed by atoms with Gasteiger partial charge in [0.05, 0.1) is 15.8 Å². The highest BCUT2D eigenvalue weighted by molar-refractivity contribution is 5.96. The number of non-ortho nitro benzene ring substituents is 1. The standard InChI is InChI=1S/C18H13FN2O5/c19-12-6-4-11(5-7-12)8-9-20-15-2-1-3-16(21(25)26)13(15)10-14(17(20)22)18(23)24/h1-7,10H,8-9H2,(H,23,24). The van der Waals surface area contributed by atoms with Gasteiger partial charge in [-0.15, -0.1) is 0 Å². The van der Waals surface area contributed by atoms with Crippen LogP contribution in [0.1, 0.15) is 15.9 Å². The fraction of sp³-hybridized carbons (Fsp3) is 0.111. The SMILES string of the molecule is O=C(O)c1cc2c([N+](=O)[O-])cccc2n(CCc2ccc(F)cc2)c1=O. The summed E-state index contributed by atoms with van der Waals surface area (Å²) in [6, 6.07) is 11.0. The minimum Gasteiger partial charge on any atom is -0.477 e. The number of hydrogen-bond donors (Lipinski definition) is 1. The zero-order chi connectivity index (χ0) is 18.8. The Morgan fingerprint density at radius 2 is 1.88 bits per heavy atom. The summed E-state index contributed by atoms with van der Waals surface area (Å²) in [5.74, 6) is -1.84. The fourth-order valence-corrected chi connectivity index (χ4v) is 2.81. The predicted molar refractivity (Wildman–Crippen MR) is 91.9 cm³/mol. The van der Waals surface area contributed by atoms with Crippen LogP contribution in [0.5, 0.6) is 0 Å². The summed E-state index contributed by atoms with van der Waals surface area (Å²) in [5, 5.41) is 20.6. The Morgan fingerprint density at radius 3 is 2.50 bits per heavy atom. The van der Waals surface area contributed by atoms with Gasteiger partial charge in [0.1, 0.15) is 11.4 Å². The summed E-state index contributed by atoms with van der Waals surface area (Å²) in [7, 11) is 0. The Morgan fingerprint density at radius 1 is 1.19 bits per heavy atom. The Labute approximate surface area is 146 Å². The maximum absolute atomic E-state index is 13.0. The molecule has 0 unspecified atom stereocenters. The number of benzene rings is 2. The van der Waals surface area contributed by atoms with Gasteiger partial charge in [-0.3, -0.25) is 14.9 Å². The highest BCUT2D eigenvalue weighted by Gasteiger charge is 2.20.